The molecular weight excluding hydrogens is 236 g/mol. The minimum absolute atomic E-state index is 0.293. The Labute approximate surface area is 106 Å². The molecule has 0 aromatic carbocycles. The monoisotopic (exact) mass is 252 g/mol. The van der Waals surface area contributed by atoms with Gasteiger partial charge in [0.05, 0.1) is 6.61 Å². The van der Waals surface area contributed by atoms with Crippen LogP contribution in [0.3, 0.4) is 0 Å². The normalized spacial score (nSPS) is 16.7. The molecule has 2 rings (SSSR count). The van der Waals surface area contributed by atoms with Crippen LogP contribution < -0.4 is 10.5 Å². The Balaban J connectivity index is 1.89. The molecule has 0 bridgehead atoms. The fourth-order valence-corrected chi connectivity index (χ4v) is 1.86. The molecule has 1 fully saturated rings. The van der Waals surface area contributed by atoms with Crippen molar-refractivity contribution >= 4 is 17.2 Å². The molecule has 0 radical (unpaired) electrons. The molecule has 4 nitrogen and oxygen atoms in total. The highest BCUT2D eigenvalue weighted by molar-refractivity contribution is 7.80. The van der Waals surface area contributed by atoms with E-state index in [0.29, 0.717) is 29.1 Å². The van der Waals surface area contributed by atoms with Gasteiger partial charge in [0.15, 0.2) is 0 Å². The molecule has 0 atom stereocenters. The number of hydrogen-bond acceptors (Lipinski definition) is 4. The molecule has 2 N–H and O–H groups in total. The Morgan fingerprint density at radius 3 is 2.94 bits per heavy atom. The van der Waals surface area contributed by atoms with Crippen LogP contribution in [0.5, 0.6) is 5.88 Å². The van der Waals surface area contributed by atoms with Crippen molar-refractivity contribution in [3.05, 3.63) is 23.9 Å². The first-order valence-electron chi connectivity index (χ1n) is 5.73. The zero-order valence-corrected chi connectivity index (χ0v) is 10.4. The molecule has 2 heterocycles. The van der Waals surface area contributed by atoms with Crippen LogP contribution in [0.4, 0.5) is 0 Å². The second kappa shape index (κ2) is 5.93. The fourth-order valence-electron chi connectivity index (χ4n) is 1.75. The maximum atomic E-state index is 5.65. The van der Waals surface area contributed by atoms with E-state index >= 15 is 0 Å². The van der Waals surface area contributed by atoms with Crippen molar-refractivity contribution in [3.63, 3.8) is 0 Å². The quantitative estimate of drug-likeness (QED) is 0.823. The van der Waals surface area contributed by atoms with E-state index in [4.69, 9.17) is 27.4 Å². The first kappa shape index (κ1) is 12.3. The van der Waals surface area contributed by atoms with Crippen molar-refractivity contribution < 1.29 is 9.47 Å². The summed E-state index contributed by atoms with van der Waals surface area (Å²) in [6, 6.07) is 5.45. The number of hydrogen-bond donors (Lipinski definition) is 1. The molecule has 0 saturated carbocycles. The number of ether oxygens (including phenoxy) is 2. The van der Waals surface area contributed by atoms with Crippen LogP contribution in [0.1, 0.15) is 18.5 Å². The zero-order valence-electron chi connectivity index (χ0n) is 9.59. The summed E-state index contributed by atoms with van der Waals surface area (Å²) in [4.78, 5) is 4.53. The van der Waals surface area contributed by atoms with Gasteiger partial charge in [0, 0.05) is 19.3 Å². The van der Waals surface area contributed by atoms with Gasteiger partial charge in [-0.25, -0.2) is 4.98 Å². The SMILES string of the molecule is NC(=S)c1cccc(OCC2CCOCC2)n1. The second-order valence-electron chi connectivity index (χ2n) is 4.09. The third-order valence-corrected chi connectivity index (χ3v) is 2.99. The van der Waals surface area contributed by atoms with Crippen LogP contribution in [-0.2, 0) is 4.74 Å². The summed E-state index contributed by atoms with van der Waals surface area (Å²) in [7, 11) is 0. The summed E-state index contributed by atoms with van der Waals surface area (Å²) in [6.07, 6.45) is 2.10. The molecule has 1 aromatic heterocycles. The van der Waals surface area contributed by atoms with Crippen molar-refractivity contribution in [2.75, 3.05) is 19.8 Å². The number of pyridine rings is 1. The van der Waals surface area contributed by atoms with Gasteiger partial charge in [0.1, 0.15) is 10.7 Å². The van der Waals surface area contributed by atoms with E-state index in [9.17, 15) is 0 Å². The van der Waals surface area contributed by atoms with Gasteiger partial charge in [-0.2, -0.15) is 0 Å². The summed E-state index contributed by atoms with van der Waals surface area (Å²) < 4.78 is 11.0. The van der Waals surface area contributed by atoms with Gasteiger partial charge in [-0.15, -0.1) is 0 Å². The number of aromatic nitrogens is 1. The Morgan fingerprint density at radius 2 is 2.24 bits per heavy atom. The number of rotatable bonds is 4. The Morgan fingerprint density at radius 1 is 1.47 bits per heavy atom. The van der Waals surface area contributed by atoms with Gasteiger partial charge in [-0.05, 0) is 24.8 Å². The minimum atomic E-state index is 0.293. The highest BCUT2D eigenvalue weighted by atomic mass is 32.1. The predicted molar refractivity (Wildman–Crippen MR) is 69.2 cm³/mol. The molecule has 17 heavy (non-hydrogen) atoms. The average Bonchev–Trinajstić information content (AvgIpc) is 2.38. The van der Waals surface area contributed by atoms with E-state index in [0.717, 1.165) is 26.1 Å². The molecule has 1 aliphatic rings. The molecule has 1 saturated heterocycles. The van der Waals surface area contributed by atoms with Crippen LogP contribution in [0, 0.1) is 5.92 Å². The smallest absolute Gasteiger partial charge is 0.213 e. The molecule has 0 amide bonds. The molecule has 1 aliphatic heterocycles. The number of nitrogens with zero attached hydrogens (tertiary/aromatic N) is 1. The van der Waals surface area contributed by atoms with Crippen molar-refractivity contribution in [1.82, 2.24) is 4.98 Å². The second-order valence-corrected chi connectivity index (χ2v) is 4.53. The van der Waals surface area contributed by atoms with Crippen LogP contribution in [0.2, 0.25) is 0 Å². The standard InChI is InChI=1S/C12H16N2O2S/c13-12(17)10-2-1-3-11(14-10)16-8-9-4-6-15-7-5-9/h1-3,9H,4-8H2,(H2,13,17). The average molecular weight is 252 g/mol. The highest BCUT2D eigenvalue weighted by Crippen LogP contribution is 2.16. The summed E-state index contributed by atoms with van der Waals surface area (Å²) in [5, 5.41) is 0. The van der Waals surface area contributed by atoms with Gasteiger partial charge < -0.3 is 15.2 Å². The summed E-state index contributed by atoms with van der Waals surface area (Å²) in [5.41, 5.74) is 6.12. The predicted octanol–water partition coefficient (Wildman–Crippen LogP) is 1.52. The molecule has 0 spiro atoms. The fraction of sp³-hybridized carbons (Fsp3) is 0.500. The molecule has 92 valence electrons. The van der Waals surface area contributed by atoms with Crippen LogP contribution >= 0.6 is 12.2 Å². The summed E-state index contributed by atoms with van der Waals surface area (Å²) in [5.74, 6) is 1.14. The van der Waals surface area contributed by atoms with E-state index < -0.39 is 0 Å². The molecule has 0 unspecified atom stereocenters. The van der Waals surface area contributed by atoms with E-state index in [-0.39, 0.29) is 0 Å². The van der Waals surface area contributed by atoms with Gasteiger partial charge in [-0.3, -0.25) is 0 Å². The Hall–Kier alpha value is -1.20. The van der Waals surface area contributed by atoms with Crippen LogP contribution in [0.25, 0.3) is 0 Å². The summed E-state index contributed by atoms with van der Waals surface area (Å²) in [6.45, 7) is 2.33. The van der Waals surface area contributed by atoms with E-state index in [2.05, 4.69) is 4.98 Å². The van der Waals surface area contributed by atoms with E-state index in [1.54, 1.807) is 6.07 Å². The lowest BCUT2D eigenvalue weighted by atomic mass is 10.0. The van der Waals surface area contributed by atoms with Crippen LogP contribution in [-0.4, -0.2) is 29.8 Å². The van der Waals surface area contributed by atoms with Crippen molar-refractivity contribution in [2.24, 2.45) is 11.7 Å². The van der Waals surface area contributed by atoms with Crippen LogP contribution in [0.15, 0.2) is 18.2 Å². The lowest BCUT2D eigenvalue weighted by Crippen LogP contribution is -2.22. The highest BCUT2D eigenvalue weighted by Gasteiger charge is 2.14. The summed E-state index contributed by atoms with van der Waals surface area (Å²) >= 11 is 4.87. The molecule has 1 aromatic rings. The number of nitrogens with two attached hydrogens (primary N) is 1. The first-order chi connectivity index (χ1) is 8.25. The molecular formula is C12H16N2O2S. The molecule has 5 heteroatoms. The van der Waals surface area contributed by atoms with Crippen molar-refractivity contribution in [3.8, 4) is 5.88 Å². The molecule has 0 aliphatic carbocycles. The largest absolute Gasteiger partial charge is 0.477 e. The minimum Gasteiger partial charge on any atom is -0.477 e. The van der Waals surface area contributed by atoms with Crippen molar-refractivity contribution in [1.29, 1.82) is 0 Å². The van der Waals surface area contributed by atoms with Crippen molar-refractivity contribution in [2.45, 2.75) is 12.8 Å². The zero-order chi connectivity index (χ0) is 12.1. The maximum Gasteiger partial charge on any atom is 0.213 e. The first-order valence-corrected chi connectivity index (χ1v) is 6.14. The third kappa shape index (κ3) is 3.64. The topological polar surface area (TPSA) is 57.4 Å². The van der Waals surface area contributed by atoms with Gasteiger partial charge in [0.25, 0.3) is 0 Å². The third-order valence-electron chi connectivity index (χ3n) is 2.78. The van der Waals surface area contributed by atoms with Gasteiger partial charge >= 0.3 is 0 Å². The van der Waals surface area contributed by atoms with E-state index in [1.165, 1.54) is 0 Å². The van der Waals surface area contributed by atoms with Gasteiger partial charge in [-0.1, -0.05) is 18.3 Å². The Bertz CT molecular complexity index is 392. The lowest BCUT2D eigenvalue weighted by molar-refractivity contribution is 0.0490. The van der Waals surface area contributed by atoms with Gasteiger partial charge in [0.2, 0.25) is 5.88 Å². The Kier molecular flexibility index (Phi) is 4.28. The number of thiocarbonyl (C=S) groups is 1. The lowest BCUT2D eigenvalue weighted by Gasteiger charge is -2.21. The maximum absolute atomic E-state index is 5.65. The van der Waals surface area contributed by atoms with E-state index in [1.807, 2.05) is 12.1 Å².